The minimum Gasteiger partial charge on any atom is -0.456 e. The highest BCUT2D eigenvalue weighted by Crippen LogP contribution is 2.46. The fraction of sp³-hybridized carbons (Fsp3) is 0.0455. The molecule has 8 rings (SSSR count). The van der Waals surface area contributed by atoms with Crippen LogP contribution in [0.5, 0.6) is 0 Å². The molecule has 1 heteroatoms. The van der Waals surface area contributed by atoms with E-state index in [4.69, 9.17) is 16.8 Å². The highest BCUT2D eigenvalue weighted by Gasteiger charge is 2.34. The highest BCUT2D eigenvalue weighted by molar-refractivity contribution is 6.13. The van der Waals surface area contributed by atoms with Gasteiger partial charge in [-0.25, -0.2) is 0 Å². The smallest absolute Gasteiger partial charge is 0.136 e. The predicted octanol–water partition coefficient (Wildman–Crippen LogP) is 9.78. The van der Waals surface area contributed by atoms with E-state index < -0.39 is 131 Å². The molecule has 6 aromatic rings. The third-order valence-corrected chi connectivity index (χ3v) is 7.98. The van der Waals surface area contributed by atoms with Gasteiger partial charge in [0.2, 0.25) is 0 Å². The molecule has 0 aliphatic heterocycles. The van der Waals surface area contributed by atoms with Gasteiger partial charge in [-0.3, -0.25) is 0 Å². The highest BCUT2D eigenvalue weighted by atomic mass is 16.3. The lowest BCUT2D eigenvalue weighted by molar-refractivity contribution is 0.668. The minimum absolute atomic E-state index is 0.0442. The van der Waals surface area contributed by atoms with E-state index in [0.717, 1.165) is 0 Å². The van der Waals surface area contributed by atoms with Crippen LogP contribution in [-0.4, -0.2) is 0 Å². The van der Waals surface area contributed by atoms with Crippen LogP contribution in [0.3, 0.4) is 0 Å². The molecular weight excluding hydrogens is 544 g/mol. The van der Waals surface area contributed by atoms with Crippen LogP contribution < -0.4 is 10.4 Å². The summed E-state index contributed by atoms with van der Waals surface area (Å²) >= 11 is 0. The van der Waals surface area contributed by atoms with Crippen LogP contribution in [0.25, 0.3) is 49.8 Å². The Kier molecular flexibility index (Phi) is 3.56. The summed E-state index contributed by atoms with van der Waals surface area (Å²) in [7, 11) is 0. The Morgan fingerprint density at radius 3 is 2.04 bits per heavy atom. The fourth-order valence-electron chi connectivity index (χ4n) is 6.14. The third kappa shape index (κ3) is 4.39. The number of hydrogen-bond donors (Lipinski definition) is 0. The number of hydrogen-bond acceptors (Lipinski definition) is 1. The third-order valence-electron chi connectivity index (χ3n) is 7.98. The quantitative estimate of drug-likeness (QED) is 0.175. The van der Waals surface area contributed by atoms with Crippen molar-refractivity contribution in [2.75, 3.05) is 0 Å². The summed E-state index contributed by atoms with van der Waals surface area (Å²) in [5.74, 6) is -3.16. The Labute approximate surface area is 287 Å². The zero-order chi connectivity index (χ0) is 45.1. The number of fused-ring (bicyclic) bond motifs is 5. The molecule has 2 unspecified atom stereocenters. The maximum absolute atomic E-state index is 9.59. The summed E-state index contributed by atoms with van der Waals surface area (Å²) in [4.78, 5) is 0. The van der Waals surface area contributed by atoms with Crippen molar-refractivity contribution in [3.8, 4) is 11.1 Å². The second-order valence-corrected chi connectivity index (χ2v) is 10.3. The van der Waals surface area contributed by atoms with Gasteiger partial charge in [-0.2, -0.15) is 0 Å². The van der Waals surface area contributed by atoms with E-state index >= 15 is 0 Å². The van der Waals surface area contributed by atoms with Crippen LogP contribution >= 0.6 is 0 Å². The zero-order valence-corrected chi connectivity index (χ0v) is 23.7. The monoisotopic (exact) mass is 593 g/mol. The number of furan rings is 1. The van der Waals surface area contributed by atoms with Gasteiger partial charge in [0, 0.05) is 22.6 Å². The largest absolute Gasteiger partial charge is 0.456 e. The molecular formula is C44H32O. The second-order valence-electron chi connectivity index (χ2n) is 10.3. The Morgan fingerprint density at radius 2 is 1.31 bits per heavy atom. The SMILES string of the molecule is [2H]C1=C([2H])C2C(c3c([2H])c([2H])c(-c4c([2H])c([2H])c([2H])c([2H])c4[2H])c([2H])c3[2H])=c3c([2H])c([2H])c([2H])c([2H])c3=C(c3c(/C(C=C)=C/C=C)ccc4oc5ccccc5c34)C2C([2H])=C1[2H]. The van der Waals surface area contributed by atoms with Gasteiger partial charge in [0.05, 0.1) is 23.3 Å². The molecule has 1 aromatic heterocycles. The van der Waals surface area contributed by atoms with Crippen molar-refractivity contribution < 1.29 is 27.7 Å². The van der Waals surface area contributed by atoms with E-state index in [1.54, 1.807) is 48.6 Å². The molecule has 0 N–H and O–H groups in total. The number of allylic oxidation sites excluding steroid dienone is 8. The summed E-state index contributed by atoms with van der Waals surface area (Å²) in [6.45, 7) is 7.85. The molecule has 1 heterocycles. The van der Waals surface area contributed by atoms with Gasteiger partial charge in [-0.15, -0.1) is 0 Å². The van der Waals surface area contributed by atoms with Gasteiger partial charge in [0.15, 0.2) is 0 Å². The average molecular weight is 594 g/mol. The summed E-state index contributed by atoms with van der Waals surface area (Å²) in [6, 6.07) is -2.09. The zero-order valence-electron chi connectivity index (χ0n) is 40.7. The Morgan fingerprint density at radius 1 is 0.667 bits per heavy atom. The maximum atomic E-state index is 9.59. The normalized spacial score (nSPS) is 23.6. The predicted molar refractivity (Wildman–Crippen MR) is 190 cm³/mol. The number of benzene rings is 5. The van der Waals surface area contributed by atoms with Crippen LogP contribution in [0.15, 0.2) is 175 Å². The average Bonchev–Trinajstić information content (AvgIpc) is 3.65. The van der Waals surface area contributed by atoms with Crippen molar-refractivity contribution in [1.29, 1.82) is 0 Å². The molecule has 0 bridgehead atoms. The van der Waals surface area contributed by atoms with Crippen LogP contribution in [0.4, 0.5) is 0 Å². The standard InChI is InChI=1S/C44H32O/c1-3-14-29(4-2)33-27-28-40-43(38-21-12-13-22-39(38)45-40)44(33)42-36-19-10-8-17-34(36)41(35-18-9-11-20-37(35)42)32-25-23-31(24-26-32)30-15-6-5-7-16-30/h3-28,34,36H,1-2H2/b29-14+/i5D,6D,7D,8D,9D,10D,11D,15D,16D,17D,18D,19D,20D,23D,24D,25D,26D. The number of para-hydroxylation sites is 1. The van der Waals surface area contributed by atoms with Gasteiger partial charge < -0.3 is 4.42 Å². The van der Waals surface area contributed by atoms with Crippen molar-refractivity contribution in [3.05, 3.63) is 198 Å². The summed E-state index contributed by atoms with van der Waals surface area (Å²) in [5.41, 5.74) is -0.104. The van der Waals surface area contributed by atoms with Crippen molar-refractivity contribution in [2.24, 2.45) is 11.8 Å². The second kappa shape index (κ2) is 11.1. The van der Waals surface area contributed by atoms with Gasteiger partial charge in [0.25, 0.3) is 0 Å². The Hall–Kier alpha value is -5.66. The van der Waals surface area contributed by atoms with E-state index in [1.165, 1.54) is 6.08 Å². The van der Waals surface area contributed by atoms with Gasteiger partial charge >= 0.3 is 0 Å². The number of rotatable bonds is 6. The van der Waals surface area contributed by atoms with Crippen molar-refractivity contribution in [1.82, 2.24) is 0 Å². The van der Waals surface area contributed by atoms with Crippen molar-refractivity contribution in [2.45, 2.75) is 0 Å². The first-order chi connectivity index (χ1) is 29.3. The first kappa shape index (κ1) is 14.4. The van der Waals surface area contributed by atoms with Crippen LogP contribution in [0.2, 0.25) is 0 Å². The van der Waals surface area contributed by atoms with Gasteiger partial charge in [0.1, 0.15) is 11.2 Å². The minimum atomic E-state index is -1.64. The maximum Gasteiger partial charge on any atom is 0.136 e. The Balaban J connectivity index is 1.70. The molecule has 0 saturated carbocycles. The van der Waals surface area contributed by atoms with E-state index in [-0.39, 0.29) is 27.1 Å². The summed E-state index contributed by atoms with van der Waals surface area (Å²) in [5, 5.41) is 0.458. The molecule has 5 aromatic carbocycles. The molecule has 0 saturated heterocycles. The molecule has 2 atom stereocenters. The van der Waals surface area contributed by atoms with E-state index in [9.17, 15) is 11.0 Å². The first-order valence-electron chi connectivity index (χ1n) is 22.6. The lowest BCUT2D eigenvalue weighted by Crippen LogP contribution is -2.40. The van der Waals surface area contributed by atoms with Crippen LogP contribution in [-0.2, 0) is 0 Å². The molecule has 214 valence electrons. The molecule has 0 fully saturated rings. The topological polar surface area (TPSA) is 13.1 Å². The van der Waals surface area contributed by atoms with Crippen molar-refractivity contribution >= 4 is 38.7 Å². The van der Waals surface area contributed by atoms with E-state index in [1.807, 2.05) is 0 Å². The molecule has 0 spiro atoms. The van der Waals surface area contributed by atoms with Gasteiger partial charge in [-0.1, -0.05) is 158 Å². The molecule has 45 heavy (non-hydrogen) atoms. The lowest BCUT2D eigenvalue weighted by Gasteiger charge is -2.34. The first-order valence-corrected chi connectivity index (χ1v) is 14.1. The van der Waals surface area contributed by atoms with Crippen LogP contribution in [0.1, 0.15) is 40.0 Å². The molecule has 2 aliphatic rings. The van der Waals surface area contributed by atoms with E-state index in [0.29, 0.717) is 33.1 Å². The van der Waals surface area contributed by atoms with Gasteiger partial charge in [-0.05, 0) is 67.1 Å². The lowest BCUT2D eigenvalue weighted by atomic mass is 9.68. The summed E-state index contributed by atoms with van der Waals surface area (Å²) in [6.07, 6.45) is 4.72. The summed E-state index contributed by atoms with van der Waals surface area (Å²) < 4.78 is 159. The molecule has 0 amide bonds. The molecule has 0 radical (unpaired) electrons. The van der Waals surface area contributed by atoms with E-state index in [2.05, 4.69) is 13.2 Å². The van der Waals surface area contributed by atoms with Crippen molar-refractivity contribution in [3.63, 3.8) is 0 Å². The Bertz CT molecular complexity index is 3260. The molecule has 2 aliphatic carbocycles. The van der Waals surface area contributed by atoms with Crippen LogP contribution in [0, 0.1) is 11.8 Å². The molecule has 1 nitrogen and oxygen atoms in total. The fourth-order valence-corrected chi connectivity index (χ4v) is 6.14.